The number of carbonyl (C=O) groups is 1. The first-order valence-corrected chi connectivity index (χ1v) is 7.98. The van der Waals surface area contributed by atoms with Gasteiger partial charge in [0.1, 0.15) is 0 Å². The maximum Gasteiger partial charge on any atom is 0.256 e. The molecule has 3 rings (SSSR count). The maximum atomic E-state index is 12.7. The number of piperidine rings is 2. The van der Waals surface area contributed by atoms with Crippen LogP contribution in [0.15, 0.2) is 18.2 Å². The molecule has 0 spiro atoms. The Bertz CT molecular complexity index is 548. The Kier molecular flexibility index (Phi) is 4.09. The van der Waals surface area contributed by atoms with E-state index < -0.39 is 0 Å². The summed E-state index contributed by atoms with van der Waals surface area (Å²) in [6.07, 6.45) is 3.48. The average Bonchev–Trinajstić information content (AvgIpc) is 2.49. The maximum absolute atomic E-state index is 12.7. The van der Waals surface area contributed by atoms with Crippen LogP contribution < -0.4 is 5.73 Å². The van der Waals surface area contributed by atoms with Gasteiger partial charge in [0.25, 0.3) is 5.91 Å². The molecule has 0 aromatic heterocycles. The van der Waals surface area contributed by atoms with E-state index in [1.807, 2.05) is 4.90 Å². The van der Waals surface area contributed by atoms with E-state index in [1.54, 1.807) is 18.2 Å². The van der Waals surface area contributed by atoms with Gasteiger partial charge in [-0.3, -0.25) is 4.79 Å². The van der Waals surface area contributed by atoms with Gasteiger partial charge in [-0.05, 0) is 57.0 Å². The fraction of sp³-hybridized carbons (Fsp3) is 0.562. The third-order valence-electron chi connectivity index (χ3n) is 4.88. The Morgan fingerprint density at radius 3 is 2.95 bits per heavy atom. The van der Waals surface area contributed by atoms with Crippen LogP contribution in [0.3, 0.4) is 0 Å². The van der Waals surface area contributed by atoms with Crippen molar-refractivity contribution in [2.45, 2.75) is 25.3 Å². The standard InChI is InChI=1S/C16H22ClN3O/c1-19-7-2-3-11-10-20(8-6-15(11)19)16(21)13-9-12(17)4-5-14(13)18/h4-5,9,11,15H,2-3,6-8,10,18H2,1H3. The summed E-state index contributed by atoms with van der Waals surface area (Å²) in [6, 6.07) is 5.73. The molecule has 2 atom stereocenters. The highest BCUT2D eigenvalue weighted by Gasteiger charge is 2.36. The van der Waals surface area contributed by atoms with Crippen molar-refractivity contribution in [1.29, 1.82) is 0 Å². The molecule has 2 heterocycles. The summed E-state index contributed by atoms with van der Waals surface area (Å²) in [5, 5.41) is 0.555. The van der Waals surface area contributed by atoms with Gasteiger partial charge >= 0.3 is 0 Å². The topological polar surface area (TPSA) is 49.6 Å². The predicted molar refractivity (Wildman–Crippen MR) is 85.5 cm³/mol. The number of nitrogens with zero attached hydrogens (tertiary/aromatic N) is 2. The Balaban J connectivity index is 1.76. The summed E-state index contributed by atoms with van der Waals surface area (Å²) >= 11 is 6.00. The SMILES string of the molecule is CN1CCCC2CN(C(=O)c3cc(Cl)ccc3N)CCC21. The molecular weight excluding hydrogens is 286 g/mol. The third-order valence-corrected chi connectivity index (χ3v) is 5.11. The summed E-state index contributed by atoms with van der Waals surface area (Å²) in [5.41, 5.74) is 6.98. The number of nitrogens with two attached hydrogens (primary N) is 1. The molecule has 0 radical (unpaired) electrons. The highest BCUT2D eigenvalue weighted by Crippen LogP contribution is 2.31. The molecule has 5 heteroatoms. The number of carbonyl (C=O) groups excluding carboxylic acids is 1. The van der Waals surface area contributed by atoms with Gasteiger partial charge in [-0.25, -0.2) is 0 Å². The average molecular weight is 308 g/mol. The Hall–Kier alpha value is -1.26. The van der Waals surface area contributed by atoms with Gasteiger partial charge in [-0.2, -0.15) is 0 Å². The highest BCUT2D eigenvalue weighted by atomic mass is 35.5. The van der Waals surface area contributed by atoms with Crippen molar-refractivity contribution < 1.29 is 4.79 Å². The number of hydrogen-bond donors (Lipinski definition) is 1. The molecule has 1 aromatic rings. The van der Waals surface area contributed by atoms with Crippen LogP contribution in [-0.4, -0.2) is 48.4 Å². The molecule has 4 nitrogen and oxygen atoms in total. The first-order valence-electron chi connectivity index (χ1n) is 7.61. The summed E-state index contributed by atoms with van der Waals surface area (Å²) in [7, 11) is 2.20. The number of fused-ring (bicyclic) bond motifs is 1. The monoisotopic (exact) mass is 307 g/mol. The molecule has 2 saturated heterocycles. The van der Waals surface area contributed by atoms with Crippen molar-refractivity contribution in [3.8, 4) is 0 Å². The van der Waals surface area contributed by atoms with Gasteiger partial charge in [0, 0.05) is 29.8 Å². The summed E-state index contributed by atoms with van der Waals surface area (Å²) in [5.74, 6) is 0.600. The van der Waals surface area contributed by atoms with E-state index in [2.05, 4.69) is 11.9 Å². The second-order valence-electron chi connectivity index (χ2n) is 6.22. The zero-order valence-electron chi connectivity index (χ0n) is 12.4. The molecule has 2 N–H and O–H groups in total. The second-order valence-corrected chi connectivity index (χ2v) is 6.66. The highest BCUT2D eigenvalue weighted by molar-refractivity contribution is 6.31. The smallest absolute Gasteiger partial charge is 0.256 e. The quantitative estimate of drug-likeness (QED) is 0.811. The second kappa shape index (κ2) is 5.85. The fourth-order valence-corrected chi connectivity index (χ4v) is 3.89. The lowest BCUT2D eigenvalue weighted by Gasteiger charge is -2.46. The van der Waals surface area contributed by atoms with E-state index in [9.17, 15) is 4.79 Å². The van der Waals surface area contributed by atoms with Crippen LogP contribution in [0, 0.1) is 5.92 Å². The largest absolute Gasteiger partial charge is 0.398 e. The first kappa shape index (κ1) is 14.7. The Morgan fingerprint density at radius 2 is 2.14 bits per heavy atom. The van der Waals surface area contributed by atoms with Crippen molar-refractivity contribution in [2.24, 2.45) is 5.92 Å². The lowest BCUT2D eigenvalue weighted by Crippen LogP contribution is -2.53. The number of halogens is 1. The van der Waals surface area contributed by atoms with E-state index in [-0.39, 0.29) is 5.91 Å². The van der Waals surface area contributed by atoms with Crippen LogP contribution >= 0.6 is 11.6 Å². The molecule has 21 heavy (non-hydrogen) atoms. The lowest BCUT2D eigenvalue weighted by atomic mass is 9.84. The predicted octanol–water partition coefficient (Wildman–Crippen LogP) is 2.48. The first-order chi connectivity index (χ1) is 10.1. The van der Waals surface area contributed by atoms with Crippen LogP contribution in [-0.2, 0) is 0 Å². The van der Waals surface area contributed by atoms with Crippen molar-refractivity contribution in [3.63, 3.8) is 0 Å². The molecule has 114 valence electrons. The van der Waals surface area contributed by atoms with Crippen LogP contribution in [0.1, 0.15) is 29.6 Å². The zero-order valence-corrected chi connectivity index (χ0v) is 13.1. The molecule has 1 amide bonds. The molecule has 0 aliphatic carbocycles. The minimum atomic E-state index is 0.0154. The lowest BCUT2D eigenvalue weighted by molar-refractivity contribution is 0.0317. The van der Waals surface area contributed by atoms with Crippen molar-refractivity contribution in [2.75, 3.05) is 32.4 Å². The van der Waals surface area contributed by atoms with Gasteiger partial charge in [0.05, 0.1) is 5.56 Å². The van der Waals surface area contributed by atoms with Gasteiger partial charge in [0.15, 0.2) is 0 Å². The summed E-state index contributed by atoms with van der Waals surface area (Å²) < 4.78 is 0. The number of anilines is 1. The van der Waals surface area contributed by atoms with E-state index in [1.165, 1.54) is 19.4 Å². The van der Waals surface area contributed by atoms with Gasteiger partial charge in [-0.1, -0.05) is 11.6 Å². The number of likely N-dealkylation sites (tertiary alicyclic amines) is 2. The van der Waals surface area contributed by atoms with E-state index >= 15 is 0 Å². The zero-order chi connectivity index (χ0) is 15.0. The number of hydrogen-bond acceptors (Lipinski definition) is 3. The molecule has 1 aromatic carbocycles. The van der Waals surface area contributed by atoms with Gasteiger partial charge in [0.2, 0.25) is 0 Å². The van der Waals surface area contributed by atoms with Crippen LogP contribution in [0.4, 0.5) is 5.69 Å². The third kappa shape index (κ3) is 2.87. The van der Waals surface area contributed by atoms with Gasteiger partial charge < -0.3 is 15.5 Å². The Morgan fingerprint density at radius 1 is 1.33 bits per heavy atom. The molecule has 2 fully saturated rings. The summed E-state index contributed by atoms with van der Waals surface area (Å²) in [6.45, 7) is 2.81. The van der Waals surface area contributed by atoms with Crippen molar-refractivity contribution in [1.82, 2.24) is 9.80 Å². The molecular formula is C16H22ClN3O. The van der Waals surface area contributed by atoms with E-state index in [4.69, 9.17) is 17.3 Å². The minimum absolute atomic E-state index is 0.0154. The van der Waals surface area contributed by atoms with Crippen LogP contribution in [0.2, 0.25) is 5.02 Å². The fourth-order valence-electron chi connectivity index (χ4n) is 3.72. The van der Waals surface area contributed by atoms with Crippen LogP contribution in [0.25, 0.3) is 0 Å². The number of nitrogen functional groups attached to an aromatic ring is 1. The molecule has 2 unspecified atom stereocenters. The molecule has 0 bridgehead atoms. The molecule has 2 aliphatic rings. The normalized spacial score (nSPS) is 26.5. The molecule has 0 saturated carbocycles. The molecule has 2 aliphatic heterocycles. The number of rotatable bonds is 1. The number of benzene rings is 1. The minimum Gasteiger partial charge on any atom is -0.398 e. The Labute approximate surface area is 130 Å². The number of amides is 1. The van der Waals surface area contributed by atoms with E-state index in [0.717, 1.165) is 19.5 Å². The van der Waals surface area contributed by atoms with Crippen molar-refractivity contribution >= 4 is 23.2 Å². The van der Waals surface area contributed by atoms with Crippen LogP contribution in [0.5, 0.6) is 0 Å². The summed E-state index contributed by atoms with van der Waals surface area (Å²) in [4.78, 5) is 17.1. The van der Waals surface area contributed by atoms with Crippen molar-refractivity contribution in [3.05, 3.63) is 28.8 Å². The van der Waals surface area contributed by atoms with E-state index in [0.29, 0.717) is 28.2 Å². The van der Waals surface area contributed by atoms with Gasteiger partial charge in [-0.15, -0.1) is 0 Å².